The van der Waals surface area contributed by atoms with Crippen LogP contribution < -0.4 is 5.32 Å². The molecular formula is C15H22N2. The summed E-state index contributed by atoms with van der Waals surface area (Å²) in [6.45, 7) is 9.25. The second kappa shape index (κ2) is 7.09. The van der Waals surface area contributed by atoms with Gasteiger partial charge < -0.3 is 5.32 Å². The van der Waals surface area contributed by atoms with E-state index in [1.807, 2.05) is 13.1 Å². The Morgan fingerprint density at radius 3 is 2.76 bits per heavy atom. The van der Waals surface area contributed by atoms with Gasteiger partial charge in [0, 0.05) is 12.6 Å². The summed E-state index contributed by atoms with van der Waals surface area (Å²) < 4.78 is 0. The van der Waals surface area contributed by atoms with Crippen molar-refractivity contribution in [2.45, 2.75) is 46.6 Å². The number of aromatic nitrogens is 1. The Bertz CT molecular complexity index is 413. The maximum atomic E-state index is 4.55. The molecule has 0 radical (unpaired) electrons. The second-order valence-electron chi connectivity index (χ2n) is 4.35. The zero-order valence-corrected chi connectivity index (χ0v) is 11.3. The highest BCUT2D eigenvalue weighted by Crippen LogP contribution is 2.18. The van der Waals surface area contributed by atoms with Crippen LogP contribution in [-0.2, 0) is 0 Å². The summed E-state index contributed by atoms with van der Waals surface area (Å²) in [7, 11) is 0. The average molecular weight is 230 g/mol. The molecule has 0 amide bonds. The second-order valence-corrected chi connectivity index (χ2v) is 4.35. The number of hydrogen-bond donors (Lipinski definition) is 1. The summed E-state index contributed by atoms with van der Waals surface area (Å²) in [5, 5.41) is 3.52. The molecule has 92 valence electrons. The van der Waals surface area contributed by atoms with Crippen molar-refractivity contribution in [1.82, 2.24) is 10.3 Å². The summed E-state index contributed by atoms with van der Waals surface area (Å²) in [6, 6.07) is 2.44. The monoisotopic (exact) mass is 230 g/mol. The fourth-order valence-corrected chi connectivity index (χ4v) is 1.88. The number of nitrogens with one attached hydrogen (secondary N) is 1. The summed E-state index contributed by atoms with van der Waals surface area (Å²) in [4.78, 5) is 4.55. The molecule has 1 aromatic heterocycles. The first kappa shape index (κ1) is 13.7. The van der Waals surface area contributed by atoms with Crippen molar-refractivity contribution in [3.63, 3.8) is 0 Å². The molecule has 0 aliphatic rings. The van der Waals surface area contributed by atoms with Crippen molar-refractivity contribution in [1.29, 1.82) is 0 Å². The molecule has 1 unspecified atom stereocenters. The summed E-state index contributed by atoms with van der Waals surface area (Å²) in [5.74, 6) is 6.10. The lowest BCUT2D eigenvalue weighted by molar-refractivity contribution is 0.528. The lowest BCUT2D eigenvalue weighted by Gasteiger charge is -2.17. The third kappa shape index (κ3) is 4.20. The summed E-state index contributed by atoms with van der Waals surface area (Å²) >= 11 is 0. The molecule has 2 heteroatoms. The quantitative estimate of drug-likeness (QED) is 0.786. The number of rotatable bonds is 5. The van der Waals surface area contributed by atoms with E-state index in [4.69, 9.17) is 0 Å². The largest absolute Gasteiger partial charge is 0.308 e. The zero-order chi connectivity index (χ0) is 12.7. The van der Waals surface area contributed by atoms with Gasteiger partial charge in [0.15, 0.2) is 0 Å². The molecule has 0 saturated carbocycles. The minimum atomic E-state index is 0.253. The molecule has 17 heavy (non-hydrogen) atoms. The maximum Gasteiger partial charge on any atom is 0.0612 e. The Balaban J connectivity index is 2.89. The molecule has 2 nitrogen and oxygen atoms in total. The molecule has 0 saturated heterocycles. The first-order chi connectivity index (χ1) is 8.19. The number of hydrogen-bond acceptors (Lipinski definition) is 2. The van der Waals surface area contributed by atoms with Crippen LogP contribution in [0.15, 0.2) is 12.3 Å². The number of nitrogens with zero attached hydrogens (tertiary/aromatic N) is 1. The number of aryl methyl sites for hydroxylation is 2. The molecule has 1 atom stereocenters. The van der Waals surface area contributed by atoms with Crippen molar-refractivity contribution in [2.24, 2.45) is 0 Å². The van der Waals surface area contributed by atoms with Crippen LogP contribution in [0.4, 0.5) is 0 Å². The highest BCUT2D eigenvalue weighted by Gasteiger charge is 2.13. The van der Waals surface area contributed by atoms with Crippen LogP contribution in [0.25, 0.3) is 0 Å². The Morgan fingerprint density at radius 2 is 2.18 bits per heavy atom. The molecule has 1 heterocycles. The van der Waals surface area contributed by atoms with Crippen molar-refractivity contribution in [2.75, 3.05) is 6.54 Å². The first-order valence-corrected chi connectivity index (χ1v) is 6.25. The molecular weight excluding hydrogens is 208 g/mol. The smallest absolute Gasteiger partial charge is 0.0612 e. The molecule has 0 spiro atoms. The lowest BCUT2D eigenvalue weighted by atomic mass is 10.0. The van der Waals surface area contributed by atoms with Crippen molar-refractivity contribution < 1.29 is 0 Å². The van der Waals surface area contributed by atoms with E-state index in [2.05, 4.69) is 49.0 Å². The SMILES string of the molecule is CC#CCC(NCCC)c1ncc(C)cc1C. The topological polar surface area (TPSA) is 24.9 Å². The van der Waals surface area contributed by atoms with E-state index in [0.717, 1.165) is 25.1 Å². The molecule has 1 aromatic rings. The summed E-state index contributed by atoms with van der Waals surface area (Å²) in [6.07, 6.45) is 3.89. The normalized spacial score (nSPS) is 11.8. The van der Waals surface area contributed by atoms with Gasteiger partial charge in [-0.15, -0.1) is 11.8 Å². The Labute approximate surface area is 105 Å². The number of pyridine rings is 1. The van der Waals surface area contributed by atoms with Crippen LogP contribution >= 0.6 is 0 Å². The van der Waals surface area contributed by atoms with E-state index in [1.165, 1.54) is 11.1 Å². The van der Waals surface area contributed by atoms with Crippen LogP contribution in [0.5, 0.6) is 0 Å². The van der Waals surface area contributed by atoms with Gasteiger partial charge >= 0.3 is 0 Å². The lowest BCUT2D eigenvalue weighted by Crippen LogP contribution is -2.23. The van der Waals surface area contributed by atoms with Crippen LogP contribution in [0.2, 0.25) is 0 Å². The molecule has 0 aliphatic carbocycles. The Morgan fingerprint density at radius 1 is 1.41 bits per heavy atom. The van der Waals surface area contributed by atoms with Gasteiger partial charge in [-0.1, -0.05) is 13.0 Å². The standard InChI is InChI=1S/C15H22N2/c1-5-7-8-14(16-9-6-2)15-13(4)10-12(3)11-17-15/h10-11,14,16H,6,8-9H2,1-4H3. The minimum Gasteiger partial charge on any atom is -0.308 e. The fraction of sp³-hybridized carbons (Fsp3) is 0.533. The van der Waals surface area contributed by atoms with Crippen LogP contribution in [0, 0.1) is 25.7 Å². The average Bonchev–Trinajstić information content (AvgIpc) is 2.30. The van der Waals surface area contributed by atoms with E-state index < -0.39 is 0 Å². The minimum absolute atomic E-state index is 0.253. The highest BCUT2D eigenvalue weighted by molar-refractivity contribution is 5.26. The van der Waals surface area contributed by atoms with E-state index in [0.29, 0.717) is 0 Å². The van der Waals surface area contributed by atoms with Gasteiger partial charge in [-0.25, -0.2) is 0 Å². The predicted octanol–water partition coefficient (Wildman–Crippen LogP) is 3.15. The Hall–Kier alpha value is -1.33. The van der Waals surface area contributed by atoms with E-state index in [9.17, 15) is 0 Å². The molecule has 1 N–H and O–H groups in total. The third-order valence-electron chi connectivity index (χ3n) is 2.71. The molecule has 1 rings (SSSR count). The molecule has 0 fully saturated rings. The van der Waals surface area contributed by atoms with Crippen molar-refractivity contribution in [3.05, 3.63) is 29.1 Å². The van der Waals surface area contributed by atoms with E-state index in [-0.39, 0.29) is 6.04 Å². The van der Waals surface area contributed by atoms with Crippen LogP contribution in [0.1, 0.15) is 49.6 Å². The van der Waals surface area contributed by atoms with Gasteiger partial charge in [-0.05, 0) is 44.9 Å². The highest BCUT2D eigenvalue weighted by atomic mass is 14.9. The maximum absolute atomic E-state index is 4.55. The molecule has 0 aromatic carbocycles. The molecule has 0 bridgehead atoms. The van der Waals surface area contributed by atoms with E-state index >= 15 is 0 Å². The van der Waals surface area contributed by atoms with Crippen molar-refractivity contribution >= 4 is 0 Å². The van der Waals surface area contributed by atoms with Gasteiger partial charge in [-0.2, -0.15) is 0 Å². The Kier molecular flexibility index (Phi) is 5.72. The van der Waals surface area contributed by atoms with Gasteiger partial charge in [0.1, 0.15) is 0 Å². The van der Waals surface area contributed by atoms with E-state index in [1.54, 1.807) is 0 Å². The zero-order valence-electron chi connectivity index (χ0n) is 11.3. The third-order valence-corrected chi connectivity index (χ3v) is 2.71. The van der Waals surface area contributed by atoms with Gasteiger partial charge in [0.05, 0.1) is 11.7 Å². The first-order valence-electron chi connectivity index (χ1n) is 6.25. The van der Waals surface area contributed by atoms with Gasteiger partial charge in [0.2, 0.25) is 0 Å². The van der Waals surface area contributed by atoms with Crippen molar-refractivity contribution in [3.8, 4) is 11.8 Å². The predicted molar refractivity (Wildman–Crippen MR) is 72.8 cm³/mol. The van der Waals surface area contributed by atoms with Crippen LogP contribution in [0.3, 0.4) is 0 Å². The van der Waals surface area contributed by atoms with Gasteiger partial charge in [-0.3, -0.25) is 4.98 Å². The molecule has 0 aliphatic heterocycles. The fourth-order valence-electron chi connectivity index (χ4n) is 1.88. The van der Waals surface area contributed by atoms with Crippen LogP contribution in [-0.4, -0.2) is 11.5 Å². The summed E-state index contributed by atoms with van der Waals surface area (Å²) in [5.41, 5.74) is 3.59. The van der Waals surface area contributed by atoms with Gasteiger partial charge in [0.25, 0.3) is 0 Å².